The fraction of sp³-hybridized carbons (Fsp3) is 0.385. The van der Waals surface area contributed by atoms with Crippen molar-refractivity contribution in [2.75, 3.05) is 0 Å². The maximum atomic E-state index is 12.1. The predicted molar refractivity (Wildman–Crippen MR) is 58.7 cm³/mol. The summed E-state index contributed by atoms with van der Waals surface area (Å²) in [6, 6.07) is 7.93. The number of amides is 1. The van der Waals surface area contributed by atoms with Crippen LogP contribution in [0, 0.1) is 11.3 Å². The number of carbonyl (C=O) groups is 1. The van der Waals surface area contributed by atoms with Crippen molar-refractivity contribution in [3.8, 4) is 6.07 Å². The number of carbonyl (C=O) groups excluding carboxylic acids is 1. The highest BCUT2D eigenvalue weighted by Gasteiger charge is 2.35. The Hall–Kier alpha value is -1.82. The van der Waals surface area contributed by atoms with Crippen LogP contribution in [0.5, 0.6) is 0 Å². The Bertz CT molecular complexity index is 497. The second-order valence-electron chi connectivity index (χ2n) is 4.50. The Balaban J connectivity index is 1.95. The average Bonchev–Trinajstić information content (AvgIpc) is 2.54. The van der Waals surface area contributed by atoms with Gasteiger partial charge < -0.3 is 4.90 Å². The van der Waals surface area contributed by atoms with Crippen LogP contribution in [0.2, 0.25) is 0 Å². The van der Waals surface area contributed by atoms with E-state index in [9.17, 15) is 4.79 Å². The van der Waals surface area contributed by atoms with Gasteiger partial charge in [0.05, 0.1) is 11.6 Å². The SMILES string of the molecule is N#Cc1ccc2c(c1)C(=O)N(C1CCC1)C2. The molecule has 1 aliphatic heterocycles. The van der Waals surface area contributed by atoms with Gasteiger partial charge in [-0.3, -0.25) is 4.79 Å². The lowest BCUT2D eigenvalue weighted by molar-refractivity contribution is 0.0606. The van der Waals surface area contributed by atoms with E-state index in [0.29, 0.717) is 11.6 Å². The third-order valence-electron chi connectivity index (χ3n) is 3.59. The number of hydrogen-bond donors (Lipinski definition) is 0. The molecule has 0 unspecified atom stereocenters. The molecule has 3 nitrogen and oxygen atoms in total. The van der Waals surface area contributed by atoms with E-state index in [4.69, 9.17) is 5.26 Å². The highest BCUT2D eigenvalue weighted by atomic mass is 16.2. The number of rotatable bonds is 1. The van der Waals surface area contributed by atoms with Crippen molar-refractivity contribution in [3.05, 3.63) is 34.9 Å². The van der Waals surface area contributed by atoms with Crippen LogP contribution in [-0.4, -0.2) is 16.8 Å². The van der Waals surface area contributed by atoms with Gasteiger partial charge in [0.1, 0.15) is 0 Å². The lowest BCUT2D eigenvalue weighted by Gasteiger charge is -2.34. The van der Waals surface area contributed by atoms with Crippen LogP contribution in [0.3, 0.4) is 0 Å². The summed E-state index contributed by atoms with van der Waals surface area (Å²) < 4.78 is 0. The van der Waals surface area contributed by atoms with Crippen molar-refractivity contribution < 1.29 is 4.79 Å². The van der Waals surface area contributed by atoms with Crippen LogP contribution >= 0.6 is 0 Å². The lowest BCUT2D eigenvalue weighted by Crippen LogP contribution is -2.40. The summed E-state index contributed by atoms with van der Waals surface area (Å²) >= 11 is 0. The first-order valence-corrected chi connectivity index (χ1v) is 5.63. The average molecular weight is 212 g/mol. The number of benzene rings is 1. The molecule has 0 atom stereocenters. The summed E-state index contributed by atoms with van der Waals surface area (Å²) in [5, 5.41) is 8.81. The first-order valence-electron chi connectivity index (χ1n) is 5.63. The maximum Gasteiger partial charge on any atom is 0.254 e. The molecular weight excluding hydrogens is 200 g/mol. The van der Waals surface area contributed by atoms with Gasteiger partial charge in [-0.2, -0.15) is 5.26 Å². The summed E-state index contributed by atoms with van der Waals surface area (Å²) in [6.45, 7) is 0.727. The predicted octanol–water partition coefficient (Wildman–Crippen LogP) is 2.07. The normalized spacial score (nSPS) is 19.2. The van der Waals surface area contributed by atoms with E-state index in [1.807, 2.05) is 11.0 Å². The van der Waals surface area contributed by atoms with E-state index in [-0.39, 0.29) is 5.91 Å². The van der Waals surface area contributed by atoms with Crippen molar-refractivity contribution in [2.45, 2.75) is 31.8 Å². The van der Waals surface area contributed by atoms with E-state index in [2.05, 4.69) is 6.07 Å². The van der Waals surface area contributed by atoms with Crippen molar-refractivity contribution in [1.29, 1.82) is 5.26 Å². The van der Waals surface area contributed by atoms with Crippen LogP contribution in [0.4, 0.5) is 0 Å². The van der Waals surface area contributed by atoms with Crippen LogP contribution in [0.25, 0.3) is 0 Å². The second kappa shape index (κ2) is 3.34. The fourth-order valence-electron chi connectivity index (χ4n) is 2.39. The molecule has 1 amide bonds. The summed E-state index contributed by atoms with van der Waals surface area (Å²) in [4.78, 5) is 14.1. The largest absolute Gasteiger partial charge is 0.331 e. The molecule has 0 spiro atoms. The van der Waals surface area contributed by atoms with E-state index >= 15 is 0 Å². The van der Waals surface area contributed by atoms with Crippen LogP contribution < -0.4 is 0 Å². The maximum absolute atomic E-state index is 12.1. The highest BCUT2D eigenvalue weighted by molar-refractivity contribution is 5.98. The van der Waals surface area contributed by atoms with Gasteiger partial charge in [0.15, 0.2) is 0 Å². The quantitative estimate of drug-likeness (QED) is 0.715. The number of hydrogen-bond acceptors (Lipinski definition) is 2. The fourth-order valence-corrected chi connectivity index (χ4v) is 2.39. The monoisotopic (exact) mass is 212 g/mol. The molecule has 0 bridgehead atoms. The van der Waals surface area contributed by atoms with Crippen molar-refractivity contribution in [2.24, 2.45) is 0 Å². The molecule has 0 N–H and O–H groups in total. The Morgan fingerprint density at radius 2 is 2.19 bits per heavy atom. The summed E-state index contributed by atoms with van der Waals surface area (Å²) in [6.07, 6.45) is 3.49. The van der Waals surface area contributed by atoms with E-state index in [1.165, 1.54) is 6.42 Å². The molecule has 1 aliphatic carbocycles. The molecule has 80 valence electrons. The Labute approximate surface area is 94.3 Å². The minimum absolute atomic E-state index is 0.108. The molecule has 3 rings (SSSR count). The molecule has 1 fully saturated rings. The minimum Gasteiger partial charge on any atom is -0.331 e. The molecule has 16 heavy (non-hydrogen) atoms. The molecule has 0 aromatic heterocycles. The zero-order chi connectivity index (χ0) is 11.1. The molecule has 3 heteroatoms. The van der Waals surface area contributed by atoms with Gasteiger partial charge in [-0.1, -0.05) is 6.07 Å². The summed E-state index contributed by atoms with van der Waals surface area (Å²) in [7, 11) is 0. The third kappa shape index (κ3) is 1.23. The van der Waals surface area contributed by atoms with Gasteiger partial charge in [-0.05, 0) is 37.0 Å². The van der Waals surface area contributed by atoms with E-state index < -0.39 is 0 Å². The first-order chi connectivity index (χ1) is 7.79. The van der Waals surface area contributed by atoms with Gasteiger partial charge in [0.2, 0.25) is 0 Å². The Morgan fingerprint density at radius 1 is 1.38 bits per heavy atom. The van der Waals surface area contributed by atoms with Crippen molar-refractivity contribution in [3.63, 3.8) is 0 Å². The molecule has 2 aliphatic rings. The van der Waals surface area contributed by atoms with Crippen LogP contribution in [-0.2, 0) is 6.54 Å². The Kier molecular flexibility index (Phi) is 1.97. The van der Waals surface area contributed by atoms with Gasteiger partial charge in [0, 0.05) is 18.2 Å². The van der Waals surface area contributed by atoms with E-state index in [1.54, 1.807) is 12.1 Å². The standard InChI is InChI=1S/C13H12N2O/c14-7-9-4-5-10-8-15(11-2-1-3-11)13(16)12(10)6-9/h4-6,11H,1-3,8H2. The molecule has 1 saturated carbocycles. The minimum atomic E-state index is 0.108. The lowest BCUT2D eigenvalue weighted by atomic mass is 9.92. The molecular formula is C13H12N2O. The van der Waals surface area contributed by atoms with E-state index in [0.717, 1.165) is 30.5 Å². The summed E-state index contributed by atoms with van der Waals surface area (Å²) in [5.41, 5.74) is 2.37. The van der Waals surface area contributed by atoms with Gasteiger partial charge >= 0.3 is 0 Å². The van der Waals surface area contributed by atoms with Crippen LogP contribution in [0.15, 0.2) is 18.2 Å². The smallest absolute Gasteiger partial charge is 0.254 e. The highest BCUT2D eigenvalue weighted by Crippen LogP contribution is 2.32. The molecule has 1 aromatic carbocycles. The number of nitriles is 1. The summed E-state index contributed by atoms with van der Waals surface area (Å²) in [5.74, 6) is 0.108. The molecule has 0 radical (unpaired) electrons. The third-order valence-corrected chi connectivity index (χ3v) is 3.59. The van der Waals surface area contributed by atoms with Gasteiger partial charge in [0.25, 0.3) is 5.91 Å². The van der Waals surface area contributed by atoms with Crippen molar-refractivity contribution in [1.82, 2.24) is 4.90 Å². The van der Waals surface area contributed by atoms with Crippen LogP contribution in [0.1, 0.15) is 40.7 Å². The zero-order valence-corrected chi connectivity index (χ0v) is 8.94. The number of fused-ring (bicyclic) bond motifs is 1. The van der Waals surface area contributed by atoms with Crippen molar-refractivity contribution >= 4 is 5.91 Å². The first kappa shape index (κ1) is 9.41. The Morgan fingerprint density at radius 3 is 2.81 bits per heavy atom. The topological polar surface area (TPSA) is 44.1 Å². The molecule has 1 heterocycles. The number of nitrogens with zero attached hydrogens (tertiary/aromatic N) is 2. The molecule has 1 aromatic rings. The zero-order valence-electron chi connectivity index (χ0n) is 8.94. The molecule has 0 saturated heterocycles. The van der Waals surface area contributed by atoms with Gasteiger partial charge in [-0.15, -0.1) is 0 Å². The van der Waals surface area contributed by atoms with Gasteiger partial charge in [-0.25, -0.2) is 0 Å². The second-order valence-corrected chi connectivity index (χ2v) is 4.50.